The number of hydrogen-bond donors (Lipinski definition) is 3. The van der Waals surface area contributed by atoms with Gasteiger partial charge < -0.3 is 16.4 Å². The lowest BCUT2D eigenvalue weighted by atomic mass is 10.0. The van der Waals surface area contributed by atoms with Crippen LogP contribution < -0.4 is 16.4 Å². The van der Waals surface area contributed by atoms with Crippen molar-refractivity contribution in [1.29, 1.82) is 0 Å². The van der Waals surface area contributed by atoms with E-state index in [0.717, 1.165) is 6.42 Å². The molecule has 0 fully saturated rings. The van der Waals surface area contributed by atoms with Gasteiger partial charge in [-0.15, -0.1) is 0 Å². The fraction of sp³-hybridized carbons (Fsp3) is 0.636. The topological polar surface area (TPSA) is 115 Å². The summed E-state index contributed by atoms with van der Waals surface area (Å²) in [4.78, 5) is 26.4. The Labute approximate surface area is 111 Å². The number of amides is 3. The molecular formula is C11H20N6O2. The maximum absolute atomic E-state index is 11.7. The Morgan fingerprint density at radius 1 is 1.47 bits per heavy atom. The zero-order chi connectivity index (χ0) is 14.4. The van der Waals surface area contributed by atoms with E-state index in [1.54, 1.807) is 11.7 Å². The standard InChI is InChI=1S/C11H20N6O2/c1-7(2)4-8(10-14-6-15-17(10)3)16-9(18)5-13-11(12)19/h6-8H,4-5H2,1-3H3,(H,16,18)(H3,12,13,19). The van der Waals surface area contributed by atoms with Crippen LogP contribution in [-0.4, -0.2) is 33.2 Å². The SMILES string of the molecule is CC(C)CC(NC(=O)CNC(N)=O)c1ncnn1C. The van der Waals surface area contributed by atoms with E-state index in [1.807, 2.05) is 0 Å². The van der Waals surface area contributed by atoms with Crippen LogP contribution >= 0.6 is 0 Å². The average molecular weight is 268 g/mol. The normalized spacial score (nSPS) is 12.2. The predicted molar refractivity (Wildman–Crippen MR) is 68.9 cm³/mol. The van der Waals surface area contributed by atoms with E-state index < -0.39 is 6.03 Å². The zero-order valence-corrected chi connectivity index (χ0v) is 11.4. The van der Waals surface area contributed by atoms with Gasteiger partial charge in [0.15, 0.2) is 0 Å². The molecule has 8 heteroatoms. The Kier molecular flexibility index (Phi) is 5.28. The molecule has 0 bridgehead atoms. The van der Waals surface area contributed by atoms with E-state index in [4.69, 9.17) is 5.73 Å². The fourth-order valence-corrected chi connectivity index (χ4v) is 1.73. The molecule has 1 unspecified atom stereocenters. The molecule has 19 heavy (non-hydrogen) atoms. The first-order valence-corrected chi connectivity index (χ1v) is 6.06. The molecule has 4 N–H and O–H groups in total. The highest BCUT2D eigenvalue weighted by molar-refractivity contribution is 5.83. The lowest BCUT2D eigenvalue weighted by molar-refractivity contribution is -0.121. The van der Waals surface area contributed by atoms with E-state index >= 15 is 0 Å². The molecule has 1 aromatic rings. The van der Waals surface area contributed by atoms with Gasteiger partial charge in [-0.2, -0.15) is 5.10 Å². The highest BCUT2D eigenvalue weighted by Crippen LogP contribution is 2.18. The molecule has 1 heterocycles. The molecule has 0 saturated carbocycles. The monoisotopic (exact) mass is 268 g/mol. The van der Waals surface area contributed by atoms with Gasteiger partial charge in [0.25, 0.3) is 0 Å². The van der Waals surface area contributed by atoms with Gasteiger partial charge in [0, 0.05) is 7.05 Å². The van der Waals surface area contributed by atoms with Crippen LogP contribution in [0.4, 0.5) is 4.79 Å². The van der Waals surface area contributed by atoms with E-state index in [1.165, 1.54) is 6.33 Å². The van der Waals surface area contributed by atoms with Crippen LogP contribution in [0.1, 0.15) is 32.1 Å². The highest BCUT2D eigenvalue weighted by Gasteiger charge is 2.20. The summed E-state index contributed by atoms with van der Waals surface area (Å²) in [5.74, 6) is 0.750. The van der Waals surface area contributed by atoms with Crippen LogP contribution in [0.15, 0.2) is 6.33 Å². The largest absolute Gasteiger partial charge is 0.352 e. The van der Waals surface area contributed by atoms with Gasteiger partial charge in [-0.3, -0.25) is 9.48 Å². The van der Waals surface area contributed by atoms with Crippen molar-refractivity contribution < 1.29 is 9.59 Å². The second-order valence-electron chi connectivity index (χ2n) is 4.71. The first-order valence-electron chi connectivity index (χ1n) is 6.06. The van der Waals surface area contributed by atoms with Gasteiger partial charge in [-0.1, -0.05) is 13.8 Å². The highest BCUT2D eigenvalue weighted by atomic mass is 16.2. The molecule has 0 aliphatic carbocycles. The number of nitrogens with one attached hydrogen (secondary N) is 2. The second kappa shape index (κ2) is 6.72. The minimum Gasteiger partial charge on any atom is -0.352 e. The molecule has 0 aliphatic rings. The van der Waals surface area contributed by atoms with E-state index in [9.17, 15) is 9.59 Å². The first kappa shape index (κ1) is 14.9. The van der Waals surface area contributed by atoms with Gasteiger partial charge in [0.2, 0.25) is 5.91 Å². The molecule has 0 spiro atoms. The van der Waals surface area contributed by atoms with Crippen molar-refractivity contribution in [3.63, 3.8) is 0 Å². The van der Waals surface area contributed by atoms with Gasteiger partial charge >= 0.3 is 6.03 Å². The Hall–Kier alpha value is -2.12. The van der Waals surface area contributed by atoms with Crippen LogP contribution in [0.3, 0.4) is 0 Å². The summed E-state index contributed by atoms with van der Waals surface area (Å²) in [6.45, 7) is 3.95. The number of hydrogen-bond acceptors (Lipinski definition) is 4. The smallest absolute Gasteiger partial charge is 0.312 e. The number of carbonyl (C=O) groups is 2. The van der Waals surface area contributed by atoms with E-state index in [-0.39, 0.29) is 18.5 Å². The van der Waals surface area contributed by atoms with Crippen molar-refractivity contribution in [1.82, 2.24) is 25.4 Å². The predicted octanol–water partition coefficient (Wildman–Crippen LogP) is -0.313. The molecule has 3 amide bonds. The van der Waals surface area contributed by atoms with Crippen molar-refractivity contribution in [2.24, 2.45) is 18.7 Å². The second-order valence-corrected chi connectivity index (χ2v) is 4.71. The summed E-state index contributed by atoms with van der Waals surface area (Å²) < 4.78 is 1.62. The van der Waals surface area contributed by atoms with Crippen molar-refractivity contribution >= 4 is 11.9 Å². The fourth-order valence-electron chi connectivity index (χ4n) is 1.73. The summed E-state index contributed by atoms with van der Waals surface area (Å²) in [5.41, 5.74) is 4.91. The molecule has 1 rings (SSSR count). The summed E-state index contributed by atoms with van der Waals surface area (Å²) in [6.07, 6.45) is 2.17. The van der Waals surface area contributed by atoms with Crippen molar-refractivity contribution in [3.8, 4) is 0 Å². The number of rotatable bonds is 6. The van der Waals surface area contributed by atoms with Gasteiger partial charge in [0.05, 0.1) is 12.6 Å². The Balaban J connectivity index is 2.68. The molecule has 106 valence electrons. The van der Waals surface area contributed by atoms with Crippen molar-refractivity contribution in [2.75, 3.05) is 6.54 Å². The van der Waals surface area contributed by atoms with E-state index in [0.29, 0.717) is 11.7 Å². The third-order valence-corrected chi connectivity index (χ3v) is 2.52. The van der Waals surface area contributed by atoms with Crippen molar-refractivity contribution in [2.45, 2.75) is 26.3 Å². The van der Waals surface area contributed by atoms with Gasteiger partial charge in [-0.05, 0) is 12.3 Å². The number of primary amides is 1. The third-order valence-electron chi connectivity index (χ3n) is 2.52. The summed E-state index contributed by atoms with van der Waals surface area (Å²) in [5, 5.41) is 9.05. The summed E-state index contributed by atoms with van der Waals surface area (Å²) in [6, 6.07) is -0.969. The number of nitrogens with zero attached hydrogens (tertiary/aromatic N) is 3. The Morgan fingerprint density at radius 2 is 2.16 bits per heavy atom. The molecule has 0 aliphatic heterocycles. The van der Waals surface area contributed by atoms with Crippen LogP contribution in [0, 0.1) is 5.92 Å². The van der Waals surface area contributed by atoms with Gasteiger partial charge in [-0.25, -0.2) is 9.78 Å². The minimum absolute atomic E-state index is 0.151. The van der Waals surface area contributed by atoms with E-state index in [2.05, 4.69) is 34.6 Å². The van der Waals surface area contributed by atoms with Crippen LogP contribution in [-0.2, 0) is 11.8 Å². The van der Waals surface area contributed by atoms with Crippen molar-refractivity contribution in [3.05, 3.63) is 12.2 Å². The Morgan fingerprint density at radius 3 is 2.63 bits per heavy atom. The quantitative estimate of drug-likeness (QED) is 0.656. The number of nitrogens with two attached hydrogens (primary N) is 1. The molecule has 0 radical (unpaired) electrons. The number of aromatic nitrogens is 3. The maximum Gasteiger partial charge on any atom is 0.312 e. The van der Waals surface area contributed by atoms with Crippen LogP contribution in [0.5, 0.6) is 0 Å². The molecule has 8 nitrogen and oxygen atoms in total. The molecule has 1 aromatic heterocycles. The lowest BCUT2D eigenvalue weighted by Crippen LogP contribution is -2.41. The lowest BCUT2D eigenvalue weighted by Gasteiger charge is -2.19. The zero-order valence-electron chi connectivity index (χ0n) is 11.4. The van der Waals surface area contributed by atoms with Gasteiger partial charge in [0.1, 0.15) is 12.2 Å². The third kappa shape index (κ3) is 4.94. The molecule has 0 saturated heterocycles. The Bertz CT molecular complexity index is 442. The summed E-state index contributed by atoms with van der Waals surface area (Å²) >= 11 is 0. The minimum atomic E-state index is -0.728. The average Bonchev–Trinajstić information content (AvgIpc) is 2.71. The first-order chi connectivity index (χ1) is 8.90. The summed E-state index contributed by atoms with van der Waals surface area (Å²) in [7, 11) is 1.77. The maximum atomic E-state index is 11.7. The van der Waals surface area contributed by atoms with Crippen LogP contribution in [0.2, 0.25) is 0 Å². The molecular weight excluding hydrogens is 248 g/mol. The molecule has 1 atom stereocenters. The molecule has 0 aromatic carbocycles. The number of aryl methyl sites for hydroxylation is 1. The number of urea groups is 1. The number of carbonyl (C=O) groups excluding carboxylic acids is 2. The van der Waals surface area contributed by atoms with Crippen LogP contribution in [0.25, 0.3) is 0 Å².